The van der Waals surface area contributed by atoms with Crippen molar-refractivity contribution in [1.29, 1.82) is 0 Å². The monoisotopic (exact) mass is 116 g/mol. The van der Waals surface area contributed by atoms with Gasteiger partial charge in [-0.05, 0) is 6.42 Å². The molecular formula is C6H14NO. The van der Waals surface area contributed by atoms with Crippen molar-refractivity contribution in [3.05, 3.63) is 0 Å². The maximum absolute atomic E-state index is 4.51. The molecule has 0 heterocycles. The lowest BCUT2D eigenvalue weighted by Gasteiger charge is -1.94. The van der Waals surface area contributed by atoms with Gasteiger partial charge in [0.25, 0.3) is 0 Å². The second kappa shape index (κ2) is 6.92. The summed E-state index contributed by atoms with van der Waals surface area (Å²) in [6.45, 7) is 3.02. The smallest absolute Gasteiger partial charge is 0.0592 e. The largest absolute Gasteiger partial charge is 0.285 e. The Morgan fingerprint density at radius 1 is 1.38 bits per heavy atom. The lowest BCUT2D eigenvalue weighted by Crippen LogP contribution is -2.03. The first kappa shape index (κ1) is 7.92. The zero-order valence-corrected chi connectivity index (χ0v) is 5.68. The van der Waals surface area contributed by atoms with Gasteiger partial charge < -0.3 is 0 Å². The Hall–Kier alpha value is -0.0800. The third kappa shape index (κ3) is 5.92. The van der Waals surface area contributed by atoms with Gasteiger partial charge in [-0.1, -0.05) is 25.2 Å². The molecule has 0 aromatic heterocycles. The highest BCUT2D eigenvalue weighted by molar-refractivity contribution is 4.36. The molecule has 0 aliphatic heterocycles. The van der Waals surface area contributed by atoms with E-state index >= 15 is 0 Å². The Balaban J connectivity index is 2.53. The summed E-state index contributed by atoms with van der Waals surface area (Å²) in [5.74, 6) is 0. The minimum absolute atomic E-state index is 0.852. The van der Waals surface area contributed by atoms with Gasteiger partial charge in [-0.25, -0.2) is 0 Å². The number of hydroxylamine groups is 1. The fourth-order valence-corrected chi connectivity index (χ4v) is 0.518. The second-order valence-electron chi connectivity index (χ2n) is 1.74. The molecule has 2 heteroatoms. The lowest BCUT2D eigenvalue weighted by atomic mass is 10.3. The fourth-order valence-electron chi connectivity index (χ4n) is 0.518. The minimum Gasteiger partial charge on any atom is -0.285 e. The van der Waals surface area contributed by atoms with Gasteiger partial charge >= 0.3 is 0 Å². The molecular weight excluding hydrogens is 102 g/mol. The summed E-state index contributed by atoms with van der Waals surface area (Å²) in [5.41, 5.74) is 3.71. The Morgan fingerprint density at radius 3 is 2.62 bits per heavy atom. The Morgan fingerprint density at radius 2 is 2.12 bits per heavy atom. The summed E-state index contributed by atoms with van der Waals surface area (Å²) in [7, 11) is 1.59. The maximum Gasteiger partial charge on any atom is 0.0592 e. The molecule has 0 saturated carbocycles. The third-order valence-electron chi connectivity index (χ3n) is 0.982. The van der Waals surface area contributed by atoms with Gasteiger partial charge in [0.15, 0.2) is 0 Å². The number of rotatable bonds is 5. The minimum atomic E-state index is 0.852. The van der Waals surface area contributed by atoms with Gasteiger partial charge in [0.05, 0.1) is 7.11 Å². The molecule has 1 radical (unpaired) electrons. The summed E-state index contributed by atoms with van der Waals surface area (Å²) >= 11 is 0. The Labute approximate surface area is 51.2 Å². The number of hydrogen-bond acceptors (Lipinski definition) is 1. The van der Waals surface area contributed by atoms with Gasteiger partial charge in [-0.15, -0.1) is 0 Å². The summed E-state index contributed by atoms with van der Waals surface area (Å²) in [6.07, 6.45) is 3.66. The SMILES string of the molecule is CCCCC[N]OC. The van der Waals surface area contributed by atoms with Crippen molar-refractivity contribution >= 4 is 0 Å². The highest BCUT2D eigenvalue weighted by Gasteiger charge is 1.83. The van der Waals surface area contributed by atoms with Crippen LogP contribution in [0.1, 0.15) is 26.2 Å². The molecule has 0 aliphatic carbocycles. The van der Waals surface area contributed by atoms with E-state index in [4.69, 9.17) is 0 Å². The van der Waals surface area contributed by atoms with E-state index in [0.717, 1.165) is 13.0 Å². The highest BCUT2D eigenvalue weighted by Crippen LogP contribution is 1.90. The van der Waals surface area contributed by atoms with E-state index in [9.17, 15) is 0 Å². The molecule has 0 amide bonds. The van der Waals surface area contributed by atoms with E-state index in [1.807, 2.05) is 0 Å². The standard InChI is InChI=1S/C6H14NO/c1-3-4-5-6-7-8-2/h3-6H2,1-2H3. The maximum atomic E-state index is 4.51. The molecule has 0 N–H and O–H groups in total. The van der Waals surface area contributed by atoms with Crippen LogP contribution < -0.4 is 5.48 Å². The van der Waals surface area contributed by atoms with Crippen molar-refractivity contribution in [3.8, 4) is 0 Å². The van der Waals surface area contributed by atoms with Gasteiger partial charge in [0, 0.05) is 6.54 Å². The average Bonchev–Trinajstić information content (AvgIpc) is 1.81. The first-order valence-corrected chi connectivity index (χ1v) is 3.11. The normalized spacial score (nSPS) is 9.75. The molecule has 0 bridgehead atoms. The van der Waals surface area contributed by atoms with Crippen LogP contribution in [-0.4, -0.2) is 13.7 Å². The summed E-state index contributed by atoms with van der Waals surface area (Å²) in [5, 5.41) is 0. The van der Waals surface area contributed by atoms with Crippen molar-refractivity contribution in [2.24, 2.45) is 0 Å². The van der Waals surface area contributed by atoms with Crippen LogP contribution in [0, 0.1) is 0 Å². The third-order valence-corrected chi connectivity index (χ3v) is 0.982. The van der Waals surface area contributed by atoms with Crippen LogP contribution in [0.5, 0.6) is 0 Å². The van der Waals surface area contributed by atoms with E-state index < -0.39 is 0 Å². The molecule has 0 saturated heterocycles. The van der Waals surface area contributed by atoms with Crippen LogP contribution in [0.15, 0.2) is 0 Å². The second-order valence-corrected chi connectivity index (χ2v) is 1.74. The summed E-state index contributed by atoms with van der Waals surface area (Å²) < 4.78 is 0. The van der Waals surface area contributed by atoms with E-state index in [-0.39, 0.29) is 0 Å². The molecule has 0 atom stereocenters. The molecule has 49 valence electrons. The lowest BCUT2D eigenvalue weighted by molar-refractivity contribution is 0.0813. The zero-order valence-electron chi connectivity index (χ0n) is 5.68. The van der Waals surface area contributed by atoms with Crippen LogP contribution >= 0.6 is 0 Å². The molecule has 0 rings (SSSR count). The molecule has 0 unspecified atom stereocenters. The molecule has 0 aromatic carbocycles. The van der Waals surface area contributed by atoms with E-state index in [1.165, 1.54) is 12.8 Å². The number of unbranched alkanes of at least 4 members (excludes halogenated alkanes) is 2. The van der Waals surface area contributed by atoms with Gasteiger partial charge in [0.2, 0.25) is 0 Å². The van der Waals surface area contributed by atoms with Crippen molar-refractivity contribution in [2.75, 3.05) is 13.7 Å². The van der Waals surface area contributed by atoms with E-state index in [1.54, 1.807) is 7.11 Å². The van der Waals surface area contributed by atoms with Crippen LogP contribution in [0.2, 0.25) is 0 Å². The van der Waals surface area contributed by atoms with Crippen molar-refractivity contribution in [1.82, 2.24) is 5.48 Å². The van der Waals surface area contributed by atoms with E-state index in [2.05, 4.69) is 17.2 Å². The number of hydrogen-bond donors (Lipinski definition) is 0. The summed E-state index contributed by atoms with van der Waals surface area (Å²) in [4.78, 5) is 4.51. The van der Waals surface area contributed by atoms with Crippen molar-refractivity contribution in [3.63, 3.8) is 0 Å². The molecule has 0 fully saturated rings. The summed E-state index contributed by atoms with van der Waals surface area (Å²) in [6, 6.07) is 0. The molecule has 2 nitrogen and oxygen atoms in total. The first-order valence-electron chi connectivity index (χ1n) is 3.11. The molecule has 8 heavy (non-hydrogen) atoms. The van der Waals surface area contributed by atoms with Gasteiger partial charge in [-0.2, -0.15) is 0 Å². The van der Waals surface area contributed by atoms with Crippen molar-refractivity contribution in [2.45, 2.75) is 26.2 Å². The zero-order chi connectivity index (χ0) is 6.24. The topological polar surface area (TPSA) is 23.3 Å². The first-order chi connectivity index (χ1) is 3.91. The van der Waals surface area contributed by atoms with Crippen LogP contribution in [0.25, 0.3) is 0 Å². The molecule has 0 spiro atoms. The van der Waals surface area contributed by atoms with Crippen LogP contribution in [-0.2, 0) is 4.84 Å². The quantitative estimate of drug-likeness (QED) is 0.392. The van der Waals surface area contributed by atoms with Crippen molar-refractivity contribution < 1.29 is 4.84 Å². The van der Waals surface area contributed by atoms with Crippen LogP contribution in [0.4, 0.5) is 0 Å². The van der Waals surface area contributed by atoms with Gasteiger partial charge in [-0.3, -0.25) is 4.84 Å². The average molecular weight is 116 g/mol. The Kier molecular flexibility index (Phi) is 6.85. The van der Waals surface area contributed by atoms with Crippen LogP contribution in [0.3, 0.4) is 0 Å². The van der Waals surface area contributed by atoms with E-state index in [0.29, 0.717) is 0 Å². The molecule has 0 aromatic rings. The highest BCUT2D eigenvalue weighted by atomic mass is 16.6. The van der Waals surface area contributed by atoms with Gasteiger partial charge in [0.1, 0.15) is 0 Å². The number of nitrogens with zero attached hydrogens (tertiary/aromatic N) is 1. The predicted molar refractivity (Wildman–Crippen MR) is 33.5 cm³/mol. The predicted octanol–water partition coefficient (Wildman–Crippen LogP) is 1.34. The Bertz CT molecular complexity index is 33.5. The fraction of sp³-hybridized carbons (Fsp3) is 1.00. The molecule has 0 aliphatic rings.